The molecule has 4 heterocycles. The van der Waals surface area contributed by atoms with Gasteiger partial charge in [0, 0.05) is 80.4 Å². The molecule has 6 amide bonds. The Kier molecular flexibility index (Phi) is 16.4. The lowest BCUT2D eigenvalue weighted by atomic mass is 9.80. The van der Waals surface area contributed by atoms with Crippen LogP contribution in [0.5, 0.6) is 69.0 Å². The second kappa shape index (κ2) is 24.9. The number of ether oxygens (including phenoxy) is 10. The van der Waals surface area contributed by atoms with Gasteiger partial charge in [-0.05, 0) is 110 Å². The van der Waals surface area contributed by atoms with Crippen LogP contribution in [0.15, 0.2) is 121 Å². The first-order chi connectivity index (χ1) is 44.5. The Labute approximate surface area is 529 Å². The number of nitrogens with one attached hydrogen (secondary N) is 2. The van der Waals surface area contributed by atoms with Crippen LogP contribution in [0.3, 0.4) is 0 Å². The first-order valence-electron chi connectivity index (χ1n) is 30.7. The van der Waals surface area contributed by atoms with Gasteiger partial charge in [-0.25, -0.2) is 0 Å². The predicted molar refractivity (Wildman–Crippen MR) is 342 cm³/mol. The molecule has 4 aliphatic heterocycles. The number of carbonyl (C=O) groups is 6. The number of benzene rings is 9. The minimum absolute atomic E-state index is 0.00179. The summed E-state index contributed by atoms with van der Waals surface area (Å²) >= 11 is 0. The van der Waals surface area contributed by atoms with Crippen LogP contribution in [-0.2, 0) is 19.1 Å². The molecule has 4 atom stereocenters. The molecule has 0 aromatic heterocycles. The Bertz CT molecular complexity index is 3950. The molecule has 92 heavy (non-hydrogen) atoms. The number of amides is 6. The molecule has 9 aromatic rings. The fraction of sp³-hybridized carbons (Fsp3) is 0.306. The van der Waals surface area contributed by atoms with Gasteiger partial charge in [0.25, 0.3) is 23.6 Å². The third kappa shape index (κ3) is 11.5. The van der Waals surface area contributed by atoms with Crippen LogP contribution in [0.1, 0.15) is 94.8 Å². The van der Waals surface area contributed by atoms with Gasteiger partial charge < -0.3 is 58.0 Å². The van der Waals surface area contributed by atoms with Crippen molar-refractivity contribution in [1.82, 2.24) is 20.4 Å². The highest BCUT2D eigenvalue weighted by atomic mass is 16.6. The van der Waals surface area contributed by atoms with Gasteiger partial charge in [0.15, 0.2) is 0 Å². The minimum atomic E-state index is -1.28. The molecule has 0 saturated carbocycles. The molecule has 9 aromatic carbocycles. The van der Waals surface area contributed by atoms with E-state index in [1.807, 2.05) is 27.7 Å². The van der Waals surface area contributed by atoms with E-state index < -0.39 is 47.5 Å². The number of imide groups is 2. The molecular formula is C72H68N4O16. The Morgan fingerprint density at radius 3 is 0.913 bits per heavy atom. The zero-order valence-electron chi connectivity index (χ0n) is 52.1. The number of fused-ring (bicyclic) bond motifs is 2. The van der Waals surface area contributed by atoms with Gasteiger partial charge in [-0.2, -0.15) is 0 Å². The zero-order chi connectivity index (χ0) is 64.2. The number of methoxy groups -OCH3 is 4. The molecule has 20 heteroatoms. The van der Waals surface area contributed by atoms with E-state index in [1.165, 1.54) is 28.4 Å². The first-order valence-corrected chi connectivity index (χ1v) is 30.7. The third-order valence-electron chi connectivity index (χ3n) is 17.0. The summed E-state index contributed by atoms with van der Waals surface area (Å²) < 4.78 is 62.3. The molecule has 4 aliphatic rings. The molecule has 2 fully saturated rings. The summed E-state index contributed by atoms with van der Waals surface area (Å²) in [5.41, 5.74) is -0.00716. The molecule has 0 radical (unpaired) electrons. The molecule has 13 rings (SSSR count). The zero-order valence-corrected chi connectivity index (χ0v) is 52.1. The standard InChI is InChI=1S/C72H68N4O16/c1-37(2)25-53(67(77)73-23-21-47-35-87-47)75-69(79)49-31-55(89-43-17-9-13-39(27-43)83-5)61-63-57(91-45-19-11-15-41(29-45)85-7)33-51-60-52(72(82)76(71(51)81)54(26-38(3)4)68(78)74-24-22-48-36-88-48)34-58(92-46-20-12-16-42(30-46)86-8)64(66(60)63)62-56(32-50(70(75)80)59(49)65(61)62)90-44-18-10-14-40(28-44)84-6/h9-20,27-34,37-38,47-48,53-54H,21-26,35-36H2,1-8H3,(H,73,77)(H,74,78). The summed E-state index contributed by atoms with van der Waals surface area (Å²) in [6.07, 6.45) is 1.32. The van der Waals surface area contributed by atoms with E-state index in [-0.39, 0.29) is 161 Å². The van der Waals surface area contributed by atoms with Gasteiger partial charge in [0.2, 0.25) is 11.8 Å². The van der Waals surface area contributed by atoms with Crippen LogP contribution in [0.4, 0.5) is 0 Å². The van der Waals surface area contributed by atoms with Gasteiger partial charge in [-0.1, -0.05) is 52.0 Å². The number of rotatable bonds is 26. The van der Waals surface area contributed by atoms with Gasteiger partial charge >= 0.3 is 0 Å². The van der Waals surface area contributed by atoms with Crippen LogP contribution in [-0.4, -0.2) is 124 Å². The highest BCUT2D eigenvalue weighted by Crippen LogP contribution is 2.58. The van der Waals surface area contributed by atoms with Crippen LogP contribution in [0, 0.1) is 11.8 Å². The Morgan fingerprint density at radius 2 is 0.674 bits per heavy atom. The van der Waals surface area contributed by atoms with E-state index in [0.29, 0.717) is 49.1 Å². The monoisotopic (exact) mass is 1240 g/mol. The van der Waals surface area contributed by atoms with E-state index in [2.05, 4.69) is 10.6 Å². The maximum Gasteiger partial charge on any atom is 0.262 e. The third-order valence-corrected chi connectivity index (χ3v) is 17.0. The molecule has 2 saturated heterocycles. The van der Waals surface area contributed by atoms with Crippen LogP contribution in [0.2, 0.25) is 0 Å². The van der Waals surface area contributed by atoms with Crippen molar-refractivity contribution in [3.8, 4) is 69.0 Å². The first kappa shape index (κ1) is 60.7. The number of nitrogens with zero attached hydrogens (tertiary/aromatic N) is 2. The Hall–Kier alpha value is -10.2. The number of hydrogen-bond acceptors (Lipinski definition) is 16. The van der Waals surface area contributed by atoms with E-state index in [4.69, 9.17) is 47.4 Å². The SMILES string of the molecule is COc1cccc(Oc2cc3c4c(cc(Oc5cccc(OC)c5)c5c6c(Oc7cccc(OC)c7)cc7c8c(cc(Oc9cccc(OC)c9)c(c2c45)c86)C(=O)N(C(CC(C)C)C(=O)NCCC2CO2)C7=O)C(=O)N(C(CC(C)C)C(=O)NCCC2CO2)C3=O)c1. The topological polar surface area (TPSA) is 232 Å². The van der Waals surface area contributed by atoms with Crippen LogP contribution >= 0.6 is 0 Å². The van der Waals surface area contributed by atoms with Gasteiger partial charge in [-0.3, -0.25) is 38.6 Å². The van der Waals surface area contributed by atoms with Crippen molar-refractivity contribution in [2.45, 2.75) is 77.7 Å². The Morgan fingerprint density at radius 1 is 0.413 bits per heavy atom. The maximum atomic E-state index is 16.1. The van der Waals surface area contributed by atoms with Crippen LogP contribution < -0.4 is 48.5 Å². The molecule has 0 bridgehead atoms. The quantitative estimate of drug-likeness (QED) is 0.0222. The normalized spacial score (nSPS) is 16.4. The summed E-state index contributed by atoms with van der Waals surface area (Å²) in [5.74, 6) is -1.55. The molecule has 2 N–H and O–H groups in total. The molecule has 0 aliphatic carbocycles. The van der Waals surface area contributed by atoms with E-state index in [1.54, 1.807) is 121 Å². The van der Waals surface area contributed by atoms with E-state index in [9.17, 15) is 9.59 Å². The number of carbonyl (C=O) groups excluding carboxylic acids is 6. The van der Waals surface area contributed by atoms with E-state index >= 15 is 19.2 Å². The summed E-state index contributed by atoms with van der Waals surface area (Å²) in [5, 5.41) is 7.76. The van der Waals surface area contributed by atoms with Gasteiger partial charge in [0.05, 0.1) is 76.1 Å². The van der Waals surface area contributed by atoms with E-state index in [0.717, 1.165) is 9.80 Å². The molecule has 20 nitrogen and oxygen atoms in total. The van der Waals surface area contributed by atoms with Crippen LogP contribution in [0.25, 0.3) is 43.1 Å². The molecule has 4 unspecified atom stereocenters. The Balaban J connectivity index is 1.19. The average Bonchev–Trinajstić information content (AvgIpc) is 0.673. The van der Waals surface area contributed by atoms with Crippen molar-refractivity contribution in [3.05, 3.63) is 144 Å². The molecular weight excluding hydrogens is 1180 g/mol. The highest BCUT2D eigenvalue weighted by molar-refractivity contribution is 6.45. The number of epoxide rings is 2. The predicted octanol–water partition coefficient (Wildman–Crippen LogP) is 12.8. The van der Waals surface area contributed by atoms with Crippen molar-refractivity contribution in [2.24, 2.45) is 11.8 Å². The smallest absolute Gasteiger partial charge is 0.262 e. The summed E-state index contributed by atoms with van der Waals surface area (Å²) in [4.78, 5) is 95.7. The maximum absolute atomic E-state index is 16.1. The molecule has 472 valence electrons. The van der Waals surface area contributed by atoms with Crippen molar-refractivity contribution < 1.29 is 76.1 Å². The lowest BCUT2D eigenvalue weighted by Gasteiger charge is -2.36. The summed E-state index contributed by atoms with van der Waals surface area (Å²) in [6, 6.07) is 31.1. The summed E-state index contributed by atoms with van der Waals surface area (Å²) in [6.45, 7) is 9.29. The van der Waals surface area contributed by atoms with Crippen molar-refractivity contribution in [2.75, 3.05) is 54.7 Å². The fourth-order valence-corrected chi connectivity index (χ4v) is 12.6. The van der Waals surface area contributed by atoms with Crippen molar-refractivity contribution in [3.63, 3.8) is 0 Å². The largest absolute Gasteiger partial charge is 0.497 e. The van der Waals surface area contributed by atoms with Crippen molar-refractivity contribution >= 4 is 78.5 Å². The minimum Gasteiger partial charge on any atom is -0.497 e. The average molecular weight is 1250 g/mol. The van der Waals surface area contributed by atoms with Gasteiger partial charge in [0.1, 0.15) is 81.1 Å². The second-order valence-electron chi connectivity index (χ2n) is 24.1. The number of hydrogen-bond donors (Lipinski definition) is 2. The second-order valence-corrected chi connectivity index (χ2v) is 24.1. The van der Waals surface area contributed by atoms with Crippen molar-refractivity contribution in [1.29, 1.82) is 0 Å². The van der Waals surface area contributed by atoms with Gasteiger partial charge in [-0.15, -0.1) is 0 Å². The lowest BCUT2D eigenvalue weighted by molar-refractivity contribution is -0.126. The fourth-order valence-electron chi connectivity index (χ4n) is 12.6. The summed E-state index contributed by atoms with van der Waals surface area (Å²) in [7, 11) is 6.07. The highest BCUT2D eigenvalue weighted by Gasteiger charge is 2.47. The lowest BCUT2D eigenvalue weighted by Crippen LogP contribution is -2.54. The molecule has 0 spiro atoms.